The Balaban J connectivity index is 1.62. The van der Waals surface area contributed by atoms with Crippen molar-refractivity contribution >= 4 is 27.7 Å². The number of carbonyl (C=O) groups excluding carboxylic acids is 1. The predicted octanol–water partition coefficient (Wildman–Crippen LogP) is 5.71. The van der Waals surface area contributed by atoms with Gasteiger partial charge in [0.1, 0.15) is 5.82 Å². The number of hydrogen-bond acceptors (Lipinski definition) is 3. The molecule has 1 fully saturated rings. The van der Waals surface area contributed by atoms with E-state index in [2.05, 4.69) is 26.3 Å². The number of hydrogen-bond donors (Lipinski definition) is 1. The highest BCUT2D eigenvalue weighted by molar-refractivity contribution is 9.10. The van der Waals surface area contributed by atoms with E-state index in [0.29, 0.717) is 0 Å². The van der Waals surface area contributed by atoms with Crippen LogP contribution in [0.1, 0.15) is 66.7 Å². The molecule has 2 aromatic rings. The van der Waals surface area contributed by atoms with E-state index in [1.54, 1.807) is 36.2 Å². The molecule has 2 heterocycles. The second-order valence-corrected chi connectivity index (χ2v) is 9.02. The molecule has 2 atom stereocenters. The predicted molar refractivity (Wildman–Crippen MR) is 111 cm³/mol. The first-order valence-electron chi connectivity index (χ1n) is 10.2. The van der Waals surface area contributed by atoms with Crippen molar-refractivity contribution in [2.45, 2.75) is 62.8 Å². The Morgan fingerprint density at radius 1 is 1.20 bits per heavy atom. The summed E-state index contributed by atoms with van der Waals surface area (Å²) in [6, 6.07) is 6.46. The van der Waals surface area contributed by atoms with Gasteiger partial charge in [0.05, 0.1) is 6.04 Å². The Labute approximate surface area is 181 Å². The minimum atomic E-state index is -4.47. The quantitative estimate of drug-likeness (QED) is 0.606. The van der Waals surface area contributed by atoms with E-state index in [-0.39, 0.29) is 29.9 Å². The fourth-order valence-electron chi connectivity index (χ4n) is 4.41. The molecule has 0 spiro atoms. The van der Waals surface area contributed by atoms with Gasteiger partial charge in [-0.25, -0.2) is 4.68 Å². The molecule has 30 heavy (non-hydrogen) atoms. The number of fused-ring (bicyclic) bond motifs is 1. The topological polar surface area (TPSA) is 50.2 Å². The highest BCUT2D eigenvalue weighted by Crippen LogP contribution is 2.43. The van der Waals surface area contributed by atoms with Crippen molar-refractivity contribution in [3.8, 4) is 0 Å². The summed E-state index contributed by atoms with van der Waals surface area (Å²) in [6.07, 6.45) is 0.475. The van der Waals surface area contributed by atoms with Crippen LogP contribution in [0.5, 0.6) is 0 Å². The zero-order chi connectivity index (χ0) is 21.5. The van der Waals surface area contributed by atoms with Crippen LogP contribution in [0, 0.1) is 0 Å². The zero-order valence-electron chi connectivity index (χ0n) is 16.6. The van der Waals surface area contributed by atoms with E-state index in [9.17, 15) is 18.0 Å². The van der Waals surface area contributed by atoms with Crippen LogP contribution in [-0.2, 0) is 0 Å². The minimum Gasteiger partial charge on any atom is -0.363 e. The van der Waals surface area contributed by atoms with E-state index in [1.165, 1.54) is 6.07 Å². The molecule has 4 rings (SSSR count). The molecule has 1 N–H and O–H groups in total. The average Bonchev–Trinajstić information content (AvgIpc) is 3.16. The summed E-state index contributed by atoms with van der Waals surface area (Å²) in [5, 5.41) is 7.24. The van der Waals surface area contributed by atoms with Crippen LogP contribution >= 0.6 is 15.9 Å². The average molecular weight is 485 g/mol. The smallest absolute Gasteiger partial charge is 0.363 e. The lowest BCUT2D eigenvalue weighted by Crippen LogP contribution is -2.38. The number of nitrogens with zero attached hydrogens (tertiary/aromatic N) is 3. The third kappa shape index (κ3) is 4.22. The molecule has 0 radical (unpaired) electrons. The molecule has 5 nitrogen and oxygen atoms in total. The largest absolute Gasteiger partial charge is 0.410 e. The Morgan fingerprint density at radius 3 is 2.50 bits per heavy atom. The second kappa shape index (κ2) is 8.24. The van der Waals surface area contributed by atoms with E-state index in [4.69, 9.17) is 0 Å². The van der Waals surface area contributed by atoms with Gasteiger partial charge in [0.15, 0.2) is 11.7 Å². The molecule has 2 unspecified atom stereocenters. The lowest BCUT2D eigenvalue weighted by atomic mass is 9.94. The van der Waals surface area contributed by atoms with Crippen molar-refractivity contribution in [1.82, 2.24) is 14.7 Å². The Bertz CT molecular complexity index is 906. The number of anilines is 1. The number of alkyl halides is 3. The molecule has 1 aromatic carbocycles. The first-order valence-corrected chi connectivity index (χ1v) is 11.0. The number of halogens is 4. The van der Waals surface area contributed by atoms with Gasteiger partial charge in [-0.15, -0.1) is 0 Å². The van der Waals surface area contributed by atoms with E-state index in [0.717, 1.165) is 46.8 Å². The van der Waals surface area contributed by atoms with E-state index < -0.39 is 18.3 Å². The highest BCUT2D eigenvalue weighted by atomic mass is 79.9. The van der Waals surface area contributed by atoms with Gasteiger partial charge in [-0.2, -0.15) is 18.3 Å². The molecule has 1 aromatic heterocycles. The van der Waals surface area contributed by atoms with Gasteiger partial charge in [0.2, 0.25) is 0 Å². The number of rotatable bonds is 3. The zero-order valence-corrected chi connectivity index (χ0v) is 18.2. The molecule has 0 saturated heterocycles. The van der Waals surface area contributed by atoms with Crippen LogP contribution in [-0.4, -0.2) is 39.9 Å². The van der Waals surface area contributed by atoms with Crippen molar-refractivity contribution < 1.29 is 18.0 Å². The summed E-state index contributed by atoms with van der Waals surface area (Å²) in [4.78, 5) is 14.6. The van der Waals surface area contributed by atoms with Crippen LogP contribution in [0.2, 0.25) is 0 Å². The molecule has 1 amide bonds. The number of carbonyl (C=O) groups is 1. The van der Waals surface area contributed by atoms with Gasteiger partial charge in [0.25, 0.3) is 5.91 Å². The van der Waals surface area contributed by atoms with Gasteiger partial charge in [0, 0.05) is 30.0 Å². The Hall–Kier alpha value is -2.03. The molecule has 0 bridgehead atoms. The molecular weight excluding hydrogens is 461 g/mol. The SMILES string of the molecule is CN(C(=O)c1cc2n(n1)C(C(F)(F)F)CC(c1ccc(Br)cc1)N2)C1CCCCC1. The Morgan fingerprint density at radius 2 is 1.87 bits per heavy atom. The second-order valence-electron chi connectivity index (χ2n) is 8.11. The van der Waals surface area contributed by atoms with Gasteiger partial charge in [-0.1, -0.05) is 47.3 Å². The van der Waals surface area contributed by atoms with E-state index in [1.807, 2.05) is 0 Å². The minimum absolute atomic E-state index is 0.0521. The molecule has 1 aliphatic heterocycles. The third-order valence-electron chi connectivity index (χ3n) is 6.12. The monoisotopic (exact) mass is 484 g/mol. The fourth-order valence-corrected chi connectivity index (χ4v) is 4.67. The van der Waals surface area contributed by atoms with Gasteiger partial charge in [-0.3, -0.25) is 4.79 Å². The maximum Gasteiger partial charge on any atom is 0.410 e. The maximum absolute atomic E-state index is 13.8. The number of aromatic nitrogens is 2. The van der Waals surface area contributed by atoms with Crippen molar-refractivity contribution in [2.24, 2.45) is 0 Å². The third-order valence-corrected chi connectivity index (χ3v) is 6.65. The summed E-state index contributed by atoms with van der Waals surface area (Å²) < 4.78 is 43.3. The first kappa shape index (κ1) is 21.2. The van der Waals surface area contributed by atoms with Crippen molar-refractivity contribution in [1.29, 1.82) is 0 Å². The van der Waals surface area contributed by atoms with Crippen LogP contribution in [0.4, 0.5) is 19.0 Å². The van der Waals surface area contributed by atoms with Crippen LogP contribution in [0.3, 0.4) is 0 Å². The number of benzene rings is 1. The molecule has 1 saturated carbocycles. The van der Waals surface area contributed by atoms with Gasteiger partial charge < -0.3 is 10.2 Å². The molecule has 1 aliphatic carbocycles. The molecular formula is C21H24BrF3N4O. The normalized spacial score (nSPS) is 22.3. The van der Waals surface area contributed by atoms with Gasteiger partial charge in [-0.05, 0) is 30.5 Å². The van der Waals surface area contributed by atoms with Crippen molar-refractivity contribution in [2.75, 3.05) is 12.4 Å². The summed E-state index contributed by atoms with van der Waals surface area (Å²) >= 11 is 3.35. The lowest BCUT2D eigenvalue weighted by molar-refractivity contribution is -0.173. The fraction of sp³-hybridized carbons (Fsp3) is 0.524. The maximum atomic E-state index is 13.8. The number of nitrogens with one attached hydrogen (secondary N) is 1. The Kier molecular flexibility index (Phi) is 5.83. The summed E-state index contributed by atoms with van der Waals surface area (Å²) in [5.41, 5.74) is 0.809. The van der Waals surface area contributed by atoms with Crippen LogP contribution < -0.4 is 5.32 Å². The van der Waals surface area contributed by atoms with Gasteiger partial charge >= 0.3 is 6.18 Å². The number of amides is 1. The summed E-state index contributed by atoms with van der Waals surface area (Å²) in [6.45, 7) is 0. The highest BCUT2D eigenvalue weighted by Gasteiger charge is 2.47. The van der Waals surface area contributed by atoms with E-state index >= 15 is 0 Å². The first-order chi connectivity index (χ1) is 14.2. The lowest BCUT2D eigenvalue weighted by Gasteiger charge is -2.33. The molecule has 2 aliphatic rings. The van der Waals surface area contributed by atoms with Crippen LogP contribution in [0.15, 0.2) is 34.8 Å². The van der Waals surface area contributed by atoms with Crippen LogP contribution in [0.25, 0.3) is 0 Å². The molecule has 9 heteroatoms. The molecule has 162 valence electrons. The summed E-state index contributed by atoms with van der Waals surface area (Å²) in [7, 11) is 1.72. The summed E-state index contributed by atoms with van der Waals surface area (Å²) in [5.74, 6) is -0.108. The van der Waals surface area contributed by atoms with Crippen molar-refractivity contribution in [3.63, 3.8) is 0 Å². The van der Waals surface area contributed by atoms with Crippen molar-refractivity contribution in [3.05, 3.63) is 46.1 Å². The standard InChI is InChI=1S/C21H24BrF3N4O/c1-28(15-5-3-2-4-6-15)20(30)17-12-19-26-16(13-7-9-14(22)10-8-13)11-18(21(23,24)25)29(19)27-17/h7-10,12,15-16,18,26H,2-6,11H2,1H3.